The molecule has 0 fully saturated rings. The Morgan fingerprint density at radius 2 is 1.88 bits per heavy atom. The third-order valence-electron chi connectivity index (χ3n) is 2.88. The van der Waals surface area contributed by atoms with Gasteiger partial charge in [-0.15, -0.1) is 5.10 Å². The second kappa shape index (κ2) is 8.17. The first-order chi connectivity index (χ1) is 11.3. The molecule has 1 heterocycles. The summed E-state index contributed by atoms with van der Waals surface area (Å²) in [5, 5.41) is 4.58. The summed E-state index contributed by atoms with van der Waals surface area (Å²) >= 11 is 1.11. The Balaban J connectivity index is 2.88. The summed E-state index contributed by atoms with van der Waals surface area (Å²) in [6.45, 7) is 6.91. The molecule has 0 saturated carbocycles. The Kier molecular flexibility index (Phi) is 7.00. The number of carbonyl (C=O) groups is 2. The quantitative estimate of drug-likeness (QED) is 0.523. The third kappa shape index (κ3) is 6.65. The van der Waals surface area contributed by atoms with E-state index in [0.717, 1.165) is 18.7 Å². The summed E-state index contributed by atoms with van der Waals surface area (Å²) in [4.78, 5) is 28.7. The van der Waals surface area contributed by atoms with Crippen LogP contribution in [0.1, 0.15) is 33.5 Å². The molecule has 1 aromatic rings. The van der Waals surface area contributed by atoms with Crippen molar-refractivity contribution in [1.82, 2.24) is 19.7 Å². The molecule has 0 N–H and O–H groups in total. The Morgan fingerprint density at radius 1 is 1.28 bits per heavy atom. The molecular weight excluding hydrogens is 368 g/mol. The van der Waals surface area contributed by atoms with Gasteiger partial charge >= 0.3 is 12.0 Å². The fraction of sp³-hybridized carbons (Fsp3) is 0.714. The number of esters is 1. The predicted octanol–water partition coefficient (Wildman–Crippen LogP) is 1.13. The molecule has 0 unspecified atom stereocenters. The maximum absolute atomic E-state index is 12.2. The lowest BCUT2D eigenvalue weighted by Gasteiger charge is -2.13. The number of hydrogen-bond acceptors (Lipinski definition) is 8. The van der Waals surface area contributed by atoms with E-state index in [0.29, 0.717) is 11.0 Å². The monoisotopic (exact) mass is 392 g/mol. The van der Waals surface area contributed by atoms with Gasteiger partial charge in [-0.1, -0.05) is 32.5 Å². The number of aromatic nitrogens is 3. The van der Waals surface area contributed by atoms with Gasteiger partial charge in [0.2, 0.25) is 0 Å². The molecule has 1 rings (SSSR count). The highest BCUT2D eigenvalue weighted by molar-refractivity contribution is 8.00. The second-order valence-electron chi connectivity index (χ2n) is 6.61. The summed E-state index contributed by atoms with van der Waals surface area (Å²) in [7, 11) is -0.342. The summed E-state index contributed by atoms with van der Waals surface area (Å²) < 4.78 is 29.3. The number of hydrogen-bond donors (Lipinski definition) is 0. The van der Waals surface area contributed by atoms with Crippen LogP contribution in [0.2, 0.25) is 0 Å². The molecule has 1 aromatic heterocycles. The molecule has 0 saturated heterocycles. The largest absolute Gasteiger partial charge is 0.449 e. The molecule has 0 aliphatic carbocycles. The van der Waals surface area contributed by atoms with E-state index >= 15 is 0 Å². The number of nitrogens with zero attached hydrogens (tertiary/aromatic N) is 4. The zero-order valence-corrected chi connectivity index (χ0v) is 16.9. The average Bonchev–Trinajstić information content (AvgIpc) is 2.88. The molecule has 0 spiro atoms. The van der Waals surface area contributed by atoms with Crippen LogP contribution in [0.5, 0.6) is 0 Å². The minimum absolute atomic E-state index is 0.159. The van der Waals surface area contributed by atoms with Gasteiger partial charge in [-0.25, -0.2) is 18.2 Å². The molecule has 25 heavy (non-hydrogen) atoms. The van der Waals surface area contributed by atoms with E-state index in [4.69, 9.17) is 0 Å². The van der Waals surface area contributed by atoms with Crippen LogP contribution in [0.25, 0.3) is 0 Å². The highest BCUT2D eigenvalue weighted by atomic mass is 32.2. The first kappa shape index (κ1) is 21.4. The fourth-order valence-corrected chi connectivity index (χ4v) is 3.90. The number of sulfone groups is 1. The molecule has 11 heteroatoms. The van der Waals surface area contributed by atoms with Crippen molar-refractivity contribution in [2.45, 2.75) is 38.3 Å². The molecule has 142 valence electrons. The van der Waals surface area contributed by atoms with Crippen LogP contribution >= 0.6 is 11.8 Å². The van der Waals surface area contributed by atoms with E-state index in [9.17, 15) is 18.0 Å². The molecule has 9 nitrogen and oxygen atoms in total. The van der Waals surface area contributed by atoms with E-state index in [1.165, 1.54) is 9.58 Å². The van der Waals surface area contributed by atoms with Gasteiger partial charge < -0.3 is 9.64 Å². The Hall–Kier alpha value is -1.62. The third-order valence-corrected chi connectivity index (χ3v) is 5.37. The molecule has 0 aromatic carbocycles. The van der Waals surface area contributed by atoms with Crippen molar-refractivity contribution in [3.05, 3.63) is 5.82 Å². The zero-order valence-electron chi connectivity index (χ0n) is 15.3. The van der Waals surface area contributed by atoms with Crippen molar-refractivity contribution < 1.29 is 22.7 Å². The normalized spacial score (nSPS) is 12.1. The van der Waals surface area contributed by atoms with E-state index in [2.05, 4.69) is 14.8 Å². The van der Waals surface area contributed by atoms with Gasteiger partial charge in [0, 0.05) is 32.2 Å². The maximum Gasteiger partial charge on any atom is 0.346 e. The summed E-state index contributed by atoms with van der Waals surface area (Å²) in [6, 6.07) is -0.367. The number of rotatable bonds is 6. The van der Waals surface area contributed by atoms with Crippen LogP contribution in [0.3, 0.4) is 0 Å². The van der Waals surface area contributed by atoms with Crippen molar-refractivity contribution in [3.8, 4) is 0 Å². The van der Waals surface area contributed by atoms with Crippen molar-refractivity contribution in [2.75, 3.05) is 31.5 Å². The Morgan fingerprint density at radius 3 is 2.36 bits per heavy atom. The molecule has 0 aliphatic rings. The molecular formula is C14H24N4O5S2. The highest BCUT2D eigenvalue weighted by Gasteiger charge is 2.25. The van der Waals surface area contributed by atoms with Gasteiger partial charge in [0.05, 0.1) is 5.75 Å². The highest BCUT2D eigenvalue weighted by Crippen LogP contribution is 2.23. The first-order valence-corrected chi connectivity index (χ1v) is 10.3. The van der Waals surface area contributed by atoms with Gasteiger partial charge in [0.15, 0.2) is 26.8 Å². The summed E-state index contributed by atoms with van der Waals surface area (Å²) in [5.41, 5.74) is -0.353. The standard InChI is InChI=1S/C14H24N4O5S2/c1-10(19)23-9-25(21,22)8-7-24-12-15-11(14(2,3)4)16-18(12)13(20)17(5)6/h7-9H2,1-6H3. The number of thioether (sulfide) groups is 1. The Bertz CT molecular complexity index is 735. The fourth-order valence-electron chi connectivity index (χ4n) is 1.51. The van der Waals surface area contributed by atoms with Gasteiger partial charge in [-0.2, -0.15) is 4.68 Å². The van der Waals surface area contributed by atoms with Gasteiger partial charge in [0.1, 0.15) is 0 Å². The second-order valence-corrected chi connectivity index (χ2v) is 9.80. The Labute approximate surface area is 152 Å². The first-order valence-electron chi connectivity index (χ1n) is 7.49. The van der Waals surface area contributed by atoms with E-state index in [1.807, 2.05) is 20.8 Å². The number of ether oxygens (including phenoxy) is 1. The topological polar surface area (TPSA) is 111 Å². The van der Waals surface area contributed by atoms with Gasteiger partial charge in [-0.3, -0.25) is 4.79 Å². The van der Waals surface area contributed by atoms with E-state index < -0.39 is 21.7 Å². The van der Waals surface area contributed by atoms with Crippen LogP contribution in [0, 0.1) is 0 Å². The van der Waals surface area contributed by atoms with Gasteiger partial charge in [-0.05, 0) is 0 Å². The predicted molar refractivity (Wildman–Crippen MR) is 94.3 cm³/mol. The molecule has 0 bridgehead atoms. The number of amides is 1. The lowest BCUT2D eigenvalue weighted by molar-refractivity contribution is -0.138. The van der Waals surface area contributed by atoms with Crippen molar-refractivity contribution in [3.63, 3.8) is 0 Å². The SMILES string of the molecule is CC(=O)OCS(=O)(=O)CCSc1nc(C(C)(C)C)nn1C(=O)N(C)C. The molecule has 1 amide bonds. The minimum atomic E-state index is -3.53. The van der Waals surface area contributed by atoms with Crippen molar-refractivity contribution >= 4 is 33.6 Å². The van der Waals surface area contributed by atoms with Crippen molar-refractivity contribution in [2.24, 2.45) is 0 Å². The average molecular weight is 393 g/mol. The lowest BCUT2D eigenvalue weighted by Crippen LogP contribution is -2.29. The molecule has 0 radical (unpaired) electrons. The van der Waals surface area contributed by atoms with Crippen LogP contribution in [0.15, 0.2) is 5.16 Å². The smallest absolute Gasteiger partial charge is 0.346 e. The van der Waals surface area contributed by atoms with Crippen LogP contribution in [-0.4, -0.2) is 71.6 Å². The van der Waals surface area contributed by atoms with Crippen LogP contribution < -0.4 is 0 Å². The van der Waals surface area contributed by atoms with E-state index in [1.54, 1.807) is 14.1 Å². The van der Waals surface area contributed by atoms with Crippen LogP contribution in [0.4, 0.5) is 4.79 Å². The number of carbonyl (C=O) groups excluding carboxylic acids is 2. The van der Waals surface area contributed by atoms with E-state index in [-0.39, 0.29) is 23.0 Å². The molecule has 0 aliphatic heterocycles. The zero-order chi connectivity index (χ0) is 19.4. The van der Waals surface area contributed by atoms with Gasteiger partial charge in [0.25, 0.3) is 0 Å². The summed E-state index contributed by atoms with van der Waals surface area (Å²) in [6.07, 6.45) is 0. The maximum atomic E-state index is 12.2. The molecule has 0 atom stereocenters. The van der Waals surface area contributed by atoms with Crippen molar-refractivity contribution in [1.29, 1.82) is 0 Å². The summed E-state index contributed by atoms with van der Waals surface area (Å²) in [5.74, 6) is -0.861. The lowest BCUT2D eigenvalue weighted by atomic mass is 9.96. The van der Waals surface area contributed by atoms with Crippen LogP contribution in [-0.2, 0) is 24.8 Å². The minimum Gasteiger partial charge on any atom is -0.449 e.